The molecule has 6 nitrogen and oxygen atoms in total. The molecule has 1 rings (SSSR count). The van der Waals surface area contributed by atoms with E-state index in [1.54, 1.807) is 4.90 Å². The van der Waals surface area contributed by atoms with E-state index in [0.29, 0.717) is 32.8 Å². The van der Waals surface area contributed by atoms with Gasteiger partial charge in [-0.15, -0.1) is 0 Å². The van der Waals surface area contributed by atoms with Crippen molar-refractivity contribution < 1.29 is 14.6 Å². The first-order chi connectivity index (χ1) is 7.77. The van der Waals surface area contributed by atoms with Crippen LogP contribution in [0, 0.1) is 0 Å². The van der Waals surface area contributed by atoms with Gasteiger partial charge in [-0.3, -0.25) is 9.69 Å². The van der Waals surface area contributed by atoms with Crippen LogP contribution in [-0.2, 0) is 9.53 Å². The molecule has 1 amide bonds. The lowest BCUT2D eigenvalue weighted by Gasteiger charge is -2.34. The molecule has 1 fully saturated rings. The van der Waals surface area contributed by atoms with Crippen LogP contribution in [0.2, 0.25) is 0 Å². The van der Waals surface area contributed by atoms with Gasteiger partial charge in [0.15, 0.2) is 0 Å². The van der Waals surface area contributed by atoms with E-state index in [9.17, 15) is 4.79 Å². The molecule has 1 heterocycles. The molecule has 94 valence electrons. The number of hydrogen-bond acceptors (Lipinski definition) is 5. The van der Waals surface area contributed by atoms with Crippen molar-refractivity contribution in [1.29, 1.82) is 0 Å². The summed E-state index contributed by atoms with van der Waals surface area (Å²) in [5.74, 6) is 0.0251. The fraction of sp³-hybridized carbons (Fsp3) is 0.900. The van der Waals surface area contributed by atoms with Crippen molar-refractivity contribution in [2.45, 2.75) is 0 Å². The first-order valence-corrected chi connectivity index (χ1v) is 5.66. The number of rotatable bonds is 6. The molecule has 0 radical (unpaired) electrons. The molecular weight excluding hydrogens is 210 g/mol. The van der Waals surface area contributed by atoms with Crippen molar-refractivity contribution in [3.63, 3.8) is 0 Å². The third-order valence-electron chi connectivity index (χ3n) is 2.63. The van der Waals surface area contributed by atoms with E-state index in [0.717, 1.165) is 13.1 Å². The summed E-state index contributed by atoms with van der Waals surface area (Å²) < 4.78 is 5.10. The summed E-state index contributed by atoms with van der Waals surface area (Å²) in [4.78, 5) is 15.6. The van der Waals surface area contributed by atoms with Gasteiger partial charge >= 0.3 is 0 Å². The number of piperazine rings is 1. The van der Waals surface area contributed by atoms with Crippen molar-refractivity contribution in [3.05, 3.63) is 0 Å². The quantitative estimate of drug-likeness (QED) is 0.522. The van der Waals surface area contributed by atoms with Crippen LogP contribution in [-0.4, -0.2) is 79.9 Å². The van der Waals surface area contributed by atoms with E-state index < -0.39 is 0 Å². The van der Waals surface area contributed by atoms with Gasteiger partial charge in [-0.2, -0.15) is 0 Å². The van der Waals surface area contributed by atoms with Crippen molar-refractivity contribution in [3.8, 4) is 0 Å². The van der Waals surface area contributed by atoms with E-state index in [-0.39, 0.29) is 19.1 Å². The lowest BCUT2D eigenvalue weighted by atomic mass is 10.3. The molecule has 0 aromatic heterocycles. The zero-order valence-corrected chi connectivity index (χ0v) is 9.60. The van der Waals surface area contributed by atoms with Gasteiger partial charge in [-0.25, -0.2) is 0 Å². The van der Waals surface area contributed by atoms with Crippen LogP contribution in [0.5, 0.6) is 0 Å². The van der Waals surface area contributed by atoms with Crippen molar-refractivity contribution >= 4 is 5.91 Å². The van der Waals surface area contributed by atoms with Crippen LogP contribution in [0.4, 0.5) is 0 Å². The maximum atomic E-state index is 11.6. The van der Waals surface area contributed by atoms with E-state index in [1.165, 1.54) is 0 Å². The molecule has 0 aromatic rings. The smallest absolute Gasteiger partial charge is 0.248 e. The molecule has 16 heavy (non-hydrogen) atoms. The third-order valence-corrected chi connectivity index (χ3v) is 2.63. The van der Waals surface area contributed by atoms with Gasteiger partial charge < -0.3 is 20.5 Å². The summed E-state index contributed by atoms with van der Waals surface area (Å²) >= 11 is 0. The highest BCUT2D eigenvalue weighted by Gasteiger charge is 2.20. The zero-order valence-electron chi connectivity index (χ0n) is 9.60. The lowest BCUT2D eigenvalue weighted by molar-refractivity contribution is -0.137. The van der Waals surface area contributed by atoms with Crippen LogP contribution in [0.1, 0.15) is 0 Å². The van der Waals surface area contributed by atoms with E-state index in [2.05, 4.69) is 4.90 Å². The Balaban J connectivity index is 2.17. The molecular formula is C10H21N3O3. The highest BCUT2D eigenvalue weighted by Crippen LogP contribution is 2.01. The van der Waals surface area contributed by atoms with Crippen LogP contribution in [0.3, 0.4) is 0 Å². The molecule has 0 unspecified atom stereocenters. The van der Waals surface area contributed by atoms with E-state index in [4.69, 9.17) is 15.6 Å². The van der Waals surface area contributed by atoms with Gasteiger partial charge in [0.2, 0.25) is 5.91 Å². The van der Waals surface area contributed by atoms with E-state index in [1.807, 2.05) is 0 Å². The Morgan fingerprint density at radius 1 is 1.31 bits per heavy atom. The number of β-amino-alcohol motifs (C(OH)–C–C–N with tert-alkyl or cyclic N) is 1. The minimum absolute atomic E-state index is 0.0251. The maximum Gasteiger partial charge on any atom is 0.248 e. The SMILES string of the molecule is NCCOCC(=O)N1CCN(CCO)CC1. The van der Waals surface area contributed by atoms with Gasteiger partial charge in [0.1, 0.15) is 6.61 Å². The summed E-state index contributed by atoms with van der Waals surface area (Å²) in [6.07, 6.45) is 0. The second kappa shape index (κ2) is 7.56. The largest absolute Gasteiger partial charge is 0.395 e. The normalized spacial score (nSPS) is 17.8. The van der Waals surface area contributed by atoms with Gasteiger partial charge in [-0.05, 0) is 0 Å². The first kappa shape index (κ1) is 13.4. The van der Waals surface area contributed by atoms with Crippen molar-refractivity contribution in [2.75, 3.05) is 59.1 Å². The molecule has 0 spiro atoms. The number of nitrogens with zero attached hydrogens (tertiary/aromatic N) is 2. The highest BCUT2D eigenvalue weighted by atomic mass is 16.5. The molecule has 0 aromatic carbocycles. The van der Waals surface area contributed by atoms with Crippen LogP contribution >= 0.6 is 0 Å². The maximum absolute atomic E-state index is 11.6. The topological polar surface area (TPSA) is 79.0 Å². The predicted molar refractivity (Wildman–Crippen MR) is 60.0 cm³/mol. The standard InChI is InChI=1S/C10H21N3O3/c11-1-8-16-9-10(15)13-4-2-12(3-5-13)6-7-14/h14H,1-9,11H2. The minimum Gasteiger partial charge on any atom is -0.395 e. The molecule has 0 aliphatic carbocycles. The third kappa shape index (κ3) is 4.44. The van der Waals surface area contributed by atoms with Gasteiger partial charge in [0.25, 0.3) is 0 Å². The zero-order chi connectivity index (χ0) is 11.8. The Bertz CT molecular complexity index is 205. The molecule has 0 saturated carbocycles. The Morgan fingerprint density at radius 2 is 2.00 bits per heavy atom. The number of carbonyl (C=O) groups excluding carboxylic acids is 1. The van der Waals surface area contributed by atoms with E-state index >= 15 is 0 Å². The van der Waals surface area contributed by atoms with Crippen LogP contribution < -0.4 is 5.73 Å². The molecule has 6 heteroatoms. The average Bonchev–Trinajstić information content (AvgIpc) is 2.30. The second-order valence-electron chi connectivity index (χ2n) is 3.79. The number of aliphatic hydroxyl groups is 1. The fourth-order valence-corrected chi connectivity index (χ4v) is 1.70. The Hall–Kier alpha value is -0.690. The summed E-state index contributed by atoms with van der Waals surface area (Å²) in [7, 11) is 0. The Kier molecular flexibility index (Phi) is 6.32. The Morgan fingerprint density at radius 3 is 2.56 bits per heavy atom. The number of aliphatic hydroxyl groups excluding tert-OH is 1. The number of amides is 1. The Labute approximate surface area is 95.9 Å². The van der Waals surface area contributed by atoms with Gasteiger partial charge in [0, 0.05) is 39.3 Å². The monoisotopic (exact) mass is 231 g/mol. The number of nitrogens with two attached hydrogens (primary N) is 1. The summed E-state index contributed by atoms with van der Waals surface area (Å²) in [5, 5.41) is 8.78. The number of carbonyl (C=O) groups is 1. The molecule has 0 atom stereocenters. The summed E-state index contributed by atoms with van der Waals surface area (Å²) in [5.41, 5.74) is 5.26. The average molecular weight is 231 g/mol. The molecule has 0 bridgehead atoms. The highest BCUT2D eigenvalue weighted by molar-refractivity contribution is 5.77. The van der Waals surface area contributed by atoms with Crippen molar-refractivity contribution in [2.24, 2.45) is 5.73 Å². The molecule has 1 saturated heterocycles. The van der Waals surface area contributed by atoms with Gasteiger partial charge in [0.05, 0.1) is 13.2 Å². The minimum atomic E-state index is 0.0251. The van der Waals surface area contributed by atoms with Gasteiger partial charge in [-0.1, -0.05) is 0 Å². The van der Waals surface area contributed by atoms with Crippen LogP contribution in [0.15, 0.2) is 0 Å². The molecule has 3 N–H and O–H groups in total. The fourth-order valence-electron chi connectivity index (χ4n) is 1.70. The predicted octanol–water partition coefficient (Wildman–Crippen LogP) is -1.90. The summed E-state index contributed by atoms with van der Waals surface area (Å²) in [6.45, 7) is 4.92. The summed E-state index contributed by atoms with van der Waals surface area (Å²) in [6, 6.07) is 0. The second-order valence-corrected chi connectivity index (χ2v) is 3.79. The first-order valence-electron chi connectivity index (χ1n) is 5.66. The molecule has 1 aliphatic rings. The van der Waals surface area contributed by atoms with Crippen molar-refractivity contribution in [1.82, 2.24) is 9.80 Å². The number of ether oxygens (including phenoxy) is 1. The molecule has 1 aliphatic heterocycles. The number of hydrogen-bond donors (Lipinski definition) is 2. The van der Waals surface area contributed by atoms with Crippen LogP contribution in [0.25, 0.3) is 0 Å². The lowest BCUT2D eigenvalue weighted by Crippen LogP contribution is -2.50.